The van der Waals surface area contributed by atoms with Crippen molar-refractivity contribution < 1.29 is 0 Å². The summed E-state index contributed by atoms with van der Waals surface area (Å²) in [5.74, 6) is 6.12. The predicted octanol–water partition coefficient (Wildman–Crippen LogP) is 5.25. The Bertz CT molecular complexity index is 912. The summed E-state index contributed by atoms with van der Waals surface area (Å²) in [4.78, 5) is 8.67. The summed E-state index contributed by atoms with van der Waals surface area (Å²) in [6, 6.07) is 8.49. The number of aliphatic imine (C=N–C) groups is 2. The van der Waals surface area contributed by atoms with Gasteiger partial charge in [-0.15, -0.1) is 0 Å². The quantitative estimate of drug-likeness (QED) is 0.534. The zero-order chi connectivity index (χ0) is 15.8. The van der Waals surface area contributed by atoms with E-state index in [1.54, 1.807) is 5.57 Å². The van der Waals surface area contributed by atoms with Gasteiger partial charge in [0, 0.05) is 5.39 Å². The molecule has 1 saturated carbocycles. The van der Waals surface area contributed by atoms with Gasteiger partial charge in [0.25, 0.3) is 0 Å². The number of nitrogens with zero attached hydrogens (tertiary/aromatic N) is 2. The third-order valence-corrected chi connectivity index (χ3v) is 4.88. The third kappa shape index (κ3) is 2.39. The summed E-state index contributed by atoms with van der Waals surface area (Å²) in [5, 5.41) is 2.36. The molecule has 0 amide bonds. The van der Waals surface area contributed by atoms with Gasteiger partial charge in [-0.25, -0.2) is 9.98 Å². The van der Waals surface area contributed by atoms with Gasteiger partial charge in [0.15, 0.2) is 0 Å². The van der Waals surface area contributed by atoms with Crippen LogP contribution in [0.2, 0.25) is 0 Å². The van der Waals surface area contributed by atoms with Crippen molar-refractivity contribution in [1.29, 1.82) is 0 Å². The van der Waals surface area contributed by atoms with Crippen LogP contribution in [0.25, 0.3) is 10.8 Å². The molecule has 2 nitrogen and oxygen atoms in total. The summed E-state index contributed by atoms with van der Waals surface area (Å²) < 4.78 is 0. The van der Waals surface area contributed by atoms with E-state index in [0.29, 0.717) is 0 Å². The topological polar surface area (TPSA) is 24.7 Å². The number of aryl methyl sites for hydroxylation is 1. The van der Waals surface area contributed by atoms with Crippen molar-refractivity contribution in [2.45, 2.75) is 25.7 Å². The average Bonchev–Trinajstić information content (AvgIpc) is 3.31. The van der Waals surface area contributed by atoms with Crippen molar-refractivity contribution in [2.24, 2.45) is 15.9 Å². The molecule has 0 aromatic heterocycles. The molecule has 2 aromatic rings. The fourth-order valence-electron chi connectivity index (χ4n) is 3.68. The van der Waals surface area contributed by atoms with Crippen molar-refractivity contribution >= 4 is 33.9 Å². The predicted molar refractivity (Wildman–Crippen MR) is 97.6 cm³/mol. The Hall–Kier alpha value is -2.66. The van der Waals surface area contributed by atoms with Crippen LogP contribution in [0.5, 0.6) is 0 Å². The van der Waals surface area contributed by atoms with Crippen LogP contribution in [0.4, 0.5) is 11.4 Å². The van der Waals surface area contributed by atoms with E-state index in [9.17, 15) is 0 Å². The normalized spacial score (nSPS) is 20.7. The number of allylic oxidation sites excluding steroid dienone is 2. The minimum atomic E-state index is 0.802. The van der Waals surface area contributed by atoms with E-state index >= 15 is 0 Å². The molecule has 0 radical (unpaired) electrons. The summed E-state index contributed by atoms with van der Waals surface area (Å²) >= 11 is 0. The first kappa shape index (κ1) is 14.0. The minimum absolute atomic E-state index is 0.802. The van der Waals surface area contributed by atoms with E-state index in [4.69, 9.17) is 0 Å². The number of rotatable bonds is 2. The van der Waals surface area contributed by atoms with Crippen LogP contribution in [-0.4, -0.2) is 11.7 Å². The molecule has 4 rings (SSSR count). The Morgan fingerprint density at radius 1 is 0.913 bits per heavy atom. The van der Waals surface area contributed by atoms with E-state index in [2.05, 4.69) is 59.2 Å². The second-order valence-corrected chi connectivity index (χ2v) is 6.20. The van der Waals surface area contributed by atoms with Crippen LogP contribution < -0.4 is 0 Å². The molecule has 0 aliphatic heterocycles. The largest absolute Gasteiger partial charge is 0.206 e. The van der Waals surface area contributed by atoms with Gasteiger partial charge in [-0.2, -0.15) is 0 Å². The maximum absolute atomic E-state index is 4.33. The minimum Gasteiger partial charge on any atom is -0.206 e. The molecule has 0 N–H and O–H groups in total. The summed E-state index contributed by atoms with van der Waals surface area (Å²) in [7, 11) is 0. The monoisotopic (exact) mass is 298 g/mol. The summed E-state index contributed by atoms with van der Waals surface area (Å²) in [5.41, 5.74) is 6.10. The molecule has 0 heterocycles. The van der Waals surface area contributed by atoms with Gasteiger partial charge in [0.2, 0.25) is 0 Å². The summed E-state index contributed by atoms with van der Waals surface area (Å²) in [6.07, 6.45) is 7.02. The molecule has 0 bridgehead atoms. The lowest BCUT2D eigenvalue weighted by Gasteiger charge is -2.14. The highest BCUT2D eigenvalue weighted by atomic mass is 14.7. The highest BCUT2D eigenvalue weighted by molar-refractivity contribution is 6.05. The molecule has 0 spiro atoms. The number of hydrogen-bond donors (Lipinski definition) is 0. The van der Waals surface area contributed by atoms with Gasteiger partial charge in [-0.05, 0) is 85.1 Å². The lowest BCUT2D eigenvalue weighted by molar-refractivity contribution is 0.751. The number of fused-ring (bicyclic) bond motifs is 1. The Morgan fingerprint density at radius 2 is 1.61 bits per heavy atom. The van der Waals surface area contributed by atoms with Crippen molar-refractivity contribution in [2.75, 3.05) is 0 Å². The molecule has 2 heteroatoms. The standard InChI is InChI=1S/C21H18N2/c1-3-22-18-11-9-14-5-7-16-13-17(16)8-6-15-10-12-19(23-4-2)21(18)20(14)15/h7,9-12,17H,1-2,5-6,8,13H2/b16-7-/t17-/m1/s1. The lowest BCUT2D eigenvalue weighted by Crippen LogP contribution is -1.93. The van der Waals surface area contributed by atoms with E-state index in [1.807, 2.05) is 6.07 Å². The molecule has 0 unspecified atom stereocenters. The Kier molecular flexibility index (Phi) is 3.35. The number of benzene rings is 2. The highest BCUT2D eigenvalue weighted by Crippen LogP contribution is 2.45. The van der Waals surface area contributed by atoms with E-state index in [-0.39, 0.29) is 0 Å². The molecule has 2 aliphatic rings. The Morgan fingerprint density at radius 3 is 2.30 bits per heavy atom. The molecule has 1 atom stereocenters. The second-order valence-electron chi connectivity index (χ2n) is 6.20. The number of hydrogen-bond acceptors (Lipinski definition) is 2. The zero-order valence-corrected chi connectivity index (χ0v) is 13.1. The van der Waals surface area contributed by atoms with Crippen LogP contribution in [-0.2, 0) is 12.8 Å². The average molecular weight is 298 g/mol. The Labute approximate surface area is 136 Å². The second kappa shape index (κ2) is 5.52. The third-order valence-electron chi connectivity index (χ3n) is 4.88. The van der Waals surface area contributed by atoms with E-state index in [0.717, 1.165) is 35.5 Å². The molecular weight excluding hydrogens is 280 g/mol. The molecule has 112 valence electrons. The first-order chi connectivity index (χ1) is 11.3. The molecular formula is C21H18N2. The smallest absolute Gasteiger partial charge is 0.0830 e. The van der Waals surface area contributed by atoms with Crippen LogP contribution in [0.3, 0.4) is 0 Å². The van der Waals surface area contributed by atoms with E-state index in [1.165, 1.54) is 29.4 Å². The highest BCUT2D eigenvalue weighted by Gasteiger charge is 2.29. The van der Waals surface area contributed by atoms with Gasteiger partial charge >= 0.3 is 0 Å². The van der Waals surface area contributed by atoms with Gasteiger partial charge in [-0.1, -0.05) is 23.8 Å². The maximum atomic E-state index is 4.33. The molecule has 2 aliphatic carbocycles. The van der Waals surface area contributed by atoms with Crippen LogP contribution >= 0.6 is 0 Å². The van der Waals surface area contributed by atoms with Crippen molar-refractivity contribution in [1.82, 2.24) is 0 Å². The summed E-state index contributed by atoms with van der Waals surface area (Å²) in [6.45, 7) is 7.24. The maximum Gasteiger partial charge on any atom is 0.0830 e. The van der Waals surface area contributed by atoms with Crippen molar-refractivity contribution in [3.05, 3.63) is 60.2 Å². The fraction of sp³-hybridized carbons (Fsp3) is 0.238. The molecule has 2 aromatic carbocycles. The molecule has 1 fully saturated rings. The van der Waals surface area contributed by atoms with Crippen LogP contribution in [0.15, 0.2) is 59.1 Å². The van der Waals surface area contributed by atoms with Gasteiger partial charge in [0.05, 0.1) is 11.4 Å². The van der Waals surface area contributed by atoms with Crippen LogP contribution in [0, 0.1) is 5.92 Å². The van der Waals surface area contributed by atoms with Crippen molar-refractivity contribution in [3.63, 3.8) is 0 Å². The van der Waals surface area contributed by atoms with Gasteiger partial charge in [0.1, 0.15) is 0 Å². The van der Waals surface area contributed by atoms with E-state index < -0.39 is 0 Å². The molecule has 23 heavy (non-hydrogen) atoms. The first-order valence-electron chi connectivity index (χ1n) is 8.04. The fourth-order valence-corrected chi connectivity index (χ4v) is 3.68. The van der Waals surface area contributed by atoms with Crippen LogP contribution in [0.1, 0.15) is 24.0 Å². The molecule has 0 saturated heterocycles. The lowest BCUT2D eigenvalue weighted by atomic mass is 9.93. The zero-order valence-electron chi connectivity index (χ0n) is 13.1. The van der Waals surface area contributed by atoms with Crippen molar-refractivity contribution in [3.8, 4) is 0 Å². The van der Waals surface area contributed by atoms with Gasteiger partial charge < -0.3 is 0 Å². The first-order valence-corrected chi connectivity index (χ1v) is 8.04. The van der Waals surface area contributed by atoms with Gasteiger partial charge in [-0.3, -0.25) is 0 Å². The Balaban J connectivity index is 2.07. The SMILES string of the molecule is C=C=Nc1ccc2c3c(ccc(N=C=C)c13)CC[C@@H]1C/C1=C/C2.